The molecule has 9 heteroatoms. The molecule has 2 rings (SSSR count). The van der Waals surface area contributed by atoms with E-state index in [1.54, 1.807) is 6.92 Å². The predicted octanol–water partition coefficient (Wildman–Crippen LogP) is -0.839. The van der Waals surface area contributed by atoms with Crippen LogP contribution >= 0.6 is 0 Å². The molecule has 2 aromatic rings. The lowest BCUT2D eigenvalue weighted by Crippen LogP contribution is -2.18. The summed E-state index contributed by atoms with van der Waals surface area (Å²) in [5.41, 5.74) is 6.13. The number of H-pyrrole nitrogens is 1. The van der Waals surface area contributed by atoms with Crippen LogP contribution in [0.4, 0.5) is 0 Å². The van der Waals surface area contributed by atoms with Crippen molar-refractivity contribution in [2.45, 2.75) is 19.4 Å². The van der Waals surface area contributed by atoms with Crippen molar-refractivity contribution in [2.24, 2.45) is 5.73 Å². The summed E-state index contributed by atoms with van der Waals surface area (Å²) in [5, 5.41) is 2.74. The number of nitrogens with one attached hydrogen (secondary N) is 1. The van der Waals surface area contributed by atoms with Crippen LogP contribution in [0.2, 0.25) is 0 Å². The summed E-state index contributed by atoms with van der Waals surface area (Å²) >= 11 is 0. The minimum atomic E-state index is -3.08. The molecule has 0 aromatic carbocycles. The van der Waals surface area contributed by atoms with Crippen molar-refractivity contribution < 1.29 is 8.42 Å². The number of rotatable bonds is 4. The zero-order valence-corrected chi connectivity index (χ0v) is 11.4. The van der Waals surface area contributed by atoms with E-state index in [1.807, 2.05) is 0 Å². The van der Waals surface area contributed by atoms with Gasteiger partial charge in [0, 0.05) is 18.0 Å². The summed E-state index contributed by atoms with van der Waals surface area (Å²) in [6.45, 7) is 1.69. The Morgan fingerprint density at radius 3 is 2.79 bits per heavy atom. The third-order valence-corrected chi connectivity index (χ3v) is 3.60. The zero-order chi connectivity index (χ0) is 14.2. The van der Waals surface area contributed by atoms with Gasteiger partial charge < -0.3 is 5.73 Å². The second-order valence-electron chi connectivity index (χ2n) is 4.51. The third kappa shape index (κ3) is 3.18. The van der Waals surface area contributed by atoms with E-state index < -0.39 is 15.9 Å². The lowest BCUT2D eigenvalue weighted by Gasteiger charge is -2.06. The normalized spacial score (nSPS) is 13.8. The van der Waals surface area contributed by atoms with Crippen molar-refractivity contribution in [2.75, 3.05) is 12.0 Å². The lowest BCUT2D eigenvalue weighted by atomic mass is 10.2. The molecule has 0 aliphatic heterocycles. The molecule has 19 heavy (non-hydrogen) atoms. The van der Waals surface area contributed by atoms with Gasteiger partial charge in [0.25, 0.3) is 11.3 Å². The Morgan fingerprint density at radius 1 is 1.47 bits per heavy atom. The zero-order valence-electron chi connectivity index (χ0n) is 10.6. The number of aryl methyl sites for hydroxylation is 1. The first-order valence-electron chi connectivity index (χ1n) is 5.66. The second kappa shape index (κ2) is 4.74. The number of fused-ring (bicyclic) bond motifs is 1. The standard InChI is InChI=1S/C10H15N5O3S/c1-6-5-8(16)15-10(12-6)13-9(14-15)7(11)3-4-19(2,17)18/h5,7H,3-4,11H2,1-2H3,(H,12,13,14). The van der Waals surface area contributed by atoms with Gasteiger partial charge in [-0.2, -0.15) is 9.50 Å². The highest BCUT2D eigenvalue weighted by atomic mass is 32.2. The van der Waals surface area contributed by atoms with Crippen molar-refractivity contribution in [3.05, 3.63) is 27.9 Å². The van der Waals surface area contributed by atoms with E-state index in [9.17, 15) is 13.2 Å². The fourth-order valence-electron chi connectivity index (χ4n) is 1.65. The maximum atomic E-state index is 11.7. The molecule has 0 saturated heterocycles. The molecule has 0 saturated carbocycles. The van der Waals surface area contributed by atoms with E-state index in [4.69, 9.17) is 5.73 Å². The van der Waals surface area contributed by atoms with Crippen molar-refractivity contribution in [1.29, 1.82) is 0 Å². The smallest absolute Gasteiger partial charge is 0.274 e. The Balaban J connectivity index is 2.31. The van der Waals surface area contributed by atoms with Gasteiger partial charge in [0.15, 0.2) is 0 Å². The van der Waals surface area contributed by atoms with Crippen molar-refractivity contribution in [1.82, 2.24) is 19.6 Å². The van der Waals surface area contributed by atoms with Gasteiger partial charge in [-0.15, -0.1) is 0 Å². The van der Waals surface area contributed by atoms with Gasteiger partial charge in [-0.1, -0.05) is 0 Å². The van der Waals surface area contributed by atoms with Gasteiger partial charge in [0.2, 0.25) is 0 Å². The number of nitrogens with zero attached hydrogens (tertiary/aromatic N) is 3. The Labute approximate surface area is 109 Å². The highest BCUT2D eigenvalue weighted by Crippen LogP contribution is 2.10. The van der Waals surface area contributed by atoms with Crippen LogP contribution in [0.5, 0.6) is 0 Å². The number of hydrogen-bond donors (Lipinski definition) is 2. The minimum Gasteiger partial charge on any atom is -0.321 e. The maximum Gasteiger partial charge on any atom is 0.274 e. The monoisotopic (exact) mass is 285 g/mol. The fourth-order valence-corrected chi connectivity index (χ4v) is 2.33. The van der Waals surface area contributed by atoms with Crippen LogP contribution in [-0.2, 0) is 9.84 Å². The molecule has 3 N–H and O–H groups in total. The van der Waals surface area contributed by atoms with Gasteiger partial charge in [0.05, 0.1) is 11.8 Å². The van der Waals surface area contributed by atoms with Crippen molar-refractivity contribution in [3.8, 4) is 0 Å². The SMILES string of the molecule is Cc1cc(=O)n2[nH]c(C(N)CCS(C)(=O)=O)nc2n1. The van der Waals surface area contributed by atoms with Gasteiger partial charge >= 0.3 is 0 Å². The first kappa shape index (κ1) is 13.7. The average molecular weight is 285 g/mol. The van der Waals surface area contributed by atoms with Crippen LogP contribution < -0.4 is 11.3 Å². The molecule has 0 aliphatic carbocycles. The molecule has 0 fully saturated rings. The molecular weight excluding hydrogens is 270 g/mol. The summed E-state index contributed by atoms with van der Waals surface area (Å²) in [5.74, 6) is 0.542. The molecule has 1 atom stereocenters. The number of hydrogen-bond acceptors (Lipinski definition) is 6. The summed E-state index contributed by atoms with van der Waals surface area (Å²) in [6.07, 6.45) is 1.38. The Bertz CT molecular complexity index is 761. The van der Waals surface area contributed by atoms with Gasteiger partial charge in [-0.3, -0.25) is 9.89 Å². The molecule has 2 aromatic heterocycles. The summed E-state index contributed by atoms with van der Waals surface area (Å²) in [6, 6.07) is 0.785. The van der Waals surface area contributed by atoms with Crippen molar-refractivity contribution in [3.63, 3.8) is 0 Å². The minimum absolute atomic E-state index is 0.0352. The van der Waals surface area contributed by atoms with Crippen LogP contribution in [0.15, 0.2) is 10.9 Å². The van der Waals surface area contributed by atoms with Crippen LogP contribution in [-0.4, -0.2) is 40.0 Å². The maximum absolute atomic E-state index is 11.7. The van der Waals surface area contributed by atoms with E-state index in [0.717, 1.165) is 6.26 Å². The molecule has 0 radical (unpaired) electrons. The van der Waals surface area contributed by atoms with Gasteiger partial charge in [0.1, 0.15) is 15.7 Å². The molecule has 0 aliphatic rings. The topological polar surface area (TPSA) is 123 Å². The molecular formula is C10H15N5O3S. The fraction of sp³-hybridized carbons (Fsp3) is 0.500. The first-order chi connectivity index (χ1) is 8.76. The molecule has 104 valence electrons. The van der Waals surface area contributed by atoms with Gasteiger partial charge in [-0.25, -0.2) is 13.4 Å². The summed E-state index contributed by atoms with van der Waals surface area (Å²) < 4.78 is 23.4. The largest absolute Gasteiger partial charge is 0.321 e. The average Bonchev–Trinajstić information content (AvgIpc) is 2.68. The third-order valence-electron chi connectivity index (χ3n) is 2.63. The molecule has 0 spiro atoms. The number of aromatic nitrogens is 4. The summed E-state index contributed by atoms with van der Waals surface area (Å²) in [7, 11) is -3.08. The van der Waals surface area contributed by atoms with Gasteiger partial charge in [-0.05, 0) is 13.3 Å². The lowest BCUT2D eigenvalue weighted by molar-refractivity contribution is 0.586. The Kier molecular flexibility index (Phi) is 3.42. The number of aromatic amines is 1. The molecule has 0 bridgehead atoms. The van der Waals surface area contributed by atoms with E-state index in [0.29, 0.717) is 11.5 Å². The Morgan fingerprint density at radius 2 is 2.16 bits per heavy atom. The predicted molar refractivity (Wildman–Crippen MR) is 69.6 cm³/mol. The van der Waals surface area contributed by atoms with Crippen LogP contribution in [0.25, 0.3) is 5.78 Å². The number of nitrogens with two attached hydrogens (primary N) is 1. The highest BCUT2D eigenvalue weighted by Gasteiger charge is 2.15. The summed E-state index contributed by atoms with van der Waals surface area (Å²) in [4.78, 5) is 19.9. The molecule has 2 heterocycles. The molecule has 1 unspecified atom stereocenters. The first-order valence-corrected chi connectivity index (χ1v) is 7.72. The van der Waals surface area contributed by atoms with E-state index in [2.05, 4.69) is 15.1 Å². The Hall–Kier alpha value is -1.74. The van der Waals surface area contributed by atoms with Crippen LogP contribution in [0.3, 0.4) is 0 Å². The number of sulfone groups is 1. The highest BCUT2D eigenvalue weighted by molar-refractivity contribution is 7.90. The molecule has 0 amide bonds. The van der Waals surface area contributed by atoms with E-state index >= 15 is 0 Å². The van der Waals surface area contributed by atoms with E-state index in [-0.39, 0.29) is 23.5 Å². The van der Waals surface area contributed by atoms with Crippen LogP contribution in [0.1, 0.15) is 24.0 Å². The van der Waals surface area contributed by atoms with Crippen molar-refractivity contribution >= 4 is 15.6 Å². The van der Waals surface area contributed by atoms with E-state index in [1.165, 1.54) is 10.6 Å². The van der Waals surface area contributed by atoms with Crippen LogP contribution in [0, 0.1) is 6.92 Å². The second-order valence-corrected chi connectivity index (χ2v) is 6.76. The quantitative estimate of drug-likeness (QED) is 0.755. The molecule has 8 nitrogen and oxygen atoms in total.